The average molecular weight is 266 g/mol. The third kappa shape index (κ3) is 3.04. The van der Waals surface area contributed by atoms with Crippen molar-refractivity contribution in [1.29, 1.82) is 0 Å². The minimum Gasteiger partial charge on any atom is -0.464 e. The summed E-state index contributed by atoms with van der Waals surface area (Å²) in [7, 11) is 1.34. The summed E-state index contributed by atoms with van der Waals surface area (Å²) in [6, 6.07) is 10.0. The van der Waals surface area contributed by atoms with Gasteiger partial charge in [0.1, 0.15) is 5.03 Å². The van der Waals surface area contributed by atoms with E-state index in [4.69, 9.17) is 0 Å². The van der Waals surface area contributed by atoms with E-state index in [1.54, 1.807) is 0 Å². The topological polar surface area (TPSA) is 52.1 Å². The van der Waals surface area contributed by atoms with Gasteiger partial charge >= 0.3 is 5.97 Å². The summed E-state index contributed by atoms with van der Waals surface area (Å²) in [6.07, 6.45) is 0. The van der Waals surface area contributed by atoms with E-state index in [0.29, 0.717) is 10.7 Å². The number of aromatic nitrogens is 2. The van der Waals surface area contributed by atoms with Crippen LogP contribution in [0.5, 0.6) is 0 Å². The number of carbonyl (C=O) groups excluding carboxylic acids is 1. The number of methoxy groups -OCH3 is 1. The van der Waals surface area contributed by atoms with Crippen LogP contribution in [0, 0.1) is 0 Å². The minimum atomic E-state index is -0.436. The zero-order valence-corrected chi connectivity index (χ0v) is 10.8. The van der Waals surface area contributed by atoms with E-state index in [9.17, 15) is 4.79 Å². The van der Waals surface area contributed by atoms with Gasteiger partial charge in [-0.1, -0.05) is 42.1 Å². The van der Waals surface area contributed by atoms with Gasteiger partial charge in [0.05, 0.1) is 18.8 Å². The first-order valence-electron chi connectivity index (χ1n) is 4.89. The molecule has 0 radical (unpaired) electrons. The molecule has 0 bridgehead atoms. The van der Waals surface area contributed by atoms with Gasteiger partial charge in [-0.25, -0.2) is 4.79 Å². The zero-order chi connectivity index (χ0) is 12.1. The summed E-state index contributed by atoms with van der Waals surface area (Å²) in [6.45, 7) is 0. The fourth-order valence-electron chi connectivity index (χ4n) is 1.22. The third-order valence-electron chi connectivity index (χ3n) is 2.06. The van der Waals surface area contributed by atoms with Gasteiger partial charge < -0.3 is 4.74 Å². The molecule has 2 rings (SSSR count). The van der Waals surface area contributed by atoms with Crippen molar-refractivity contribution in [3.05, 3.63) is 41.6 Å². The largest absolute Gasteiger partial charge is 0.464 e. The molecule has 0 spiro atoms. The lowest BCUT2D eigenvalue weighted by atomic mass is 10.2. The Kier molecular flexibility index (Phi) is 4.11. The average Bonchev–Trinajstić information content (AvgIpc) is 2.85. The van der Waals surface area contributed by atoms with Crippen molar-refractivity contribution >= 4 is 29.5 Å². The van der Waals surface area contributed by atoms with Crippen LogP contribution in [-0.2, 0) is 10.5 Å². The molecule has 0 saturated heterocycles. The molecule has 88 valence electrons. The predicted molar refractivity (Wildman–Crippen MR) is 67.3 cm³/mol. The molecule has 0 atom stereocenters. The summed E-state index contributed by atoms with van der Waals surface area (Å²) in [5, 5.41) is 0.630. The molecule has 0 N–H and O–H groups in total. The highest BCUT2D eigenvalue weighted by atomic mass is 32.2. The van der Waals surface area contributed by atoms with Crippen molar-refractivity contribution in [2.24, 2.45) is 0 Å². The van der Waals surface area contributed by atoms with Crippen LogP contribution in [0.15, 0.2) is 35.4 Å². The van der Waals surface area contributed by atoms with Crippen LogP contribution >= 0.6 is 23.5 Å². The molecule has 6 heteroatoms. The minimum absolute atomic E-state index is 0.304. The number of thioether (sulfide) groups is 1. The van der Waals surface area contributed by atoms with E-state index >= 15 is 0 Å². The standard InChI is InChI=1S/C11H10N2O2S2/c1-15-11(14)9-10(13-17-12-9)16-7-8-5-3-2-4-6-8/h2-6H,7H2,1H3. The molecule has 0 unspecified atom stereocenters. The van der Waals surface area contributed by atoms with Gasteiger partial charge in [-0.15, -0.1) is 0 Å². The van der Waals surface area contributed by atoms with Crippen molar-refractivity contribution in [2.45, 2.75) is 10.8 Å². The summed E-state index contributed by atoms with van der Waals surface area (Å²) >= 11 is 2.51. The highest BCUT2D eigenvalue weighted by Gasteiger charge is 2.17. The highest BCUT2D eigenvalue weighted by molar-refractivity contribution is 7.98. The van der Waals surface area contributed by atoms with E-state index in [0.717, 1.165) is 17.5 Å². The molecule has 0 aliphatic heterocycles. The van der Waals surface area contributed by atoms with Crippen LogP contribution in [0.4, 0.5) is 0 Å². The van der Waals surface area contributed by atoms with Gasteiger partial charge in [0.25, 0.3) is 0 Å². The second kappa shape index (κ2) is 5.79. The smallest absolute Gasteiger partial charge is 0.360 e. The lowest BCUT2D eigenvalue weighted by Gasteiger charge is -2.00. The summed E-state index contributed by atoms with van der Waals surface area (Å²) in [5.41, 5.74) is 1.49. The van der Waals surface area contributed by atoms with Gasteiger partial charge in [-0.05, 0) is 5.56 Å². The quantitative estimate of drug-likeness (QED) is 0.629. The van der Waals surface area contributed by atoms with E-state index in [1.807, 2.05) is 30.3 Å². The molecule has 1 heterocycles. The Balaban J connectivity index is 2.05. The maximum absolute atomic E-state index is 11.4. The Hall–Kier alpha value is -1.40. The molecular formula is C11H10N2O2S2. The summed E-state index contributed by atoms with van der Waals surface area (Å²) < 4.78 is 12.7. The monoisotopic (exact) mass is 266 g/mol. The fourth-order valence-corrected chi connectivity index (χ4v) is 2.80. The molecule has 0 amide bonds. The number of hydrogen-bond donors (Lipinski definition) is 0. The van der Waals surface area contributed by atoms with Gasteiger partial charge in [-0.2, -0.15) is 8.75 Å². The molecule has 0 saturated carbocycles. The maximum atomic E-state index is 11.4. The van der Waals surface area contributed by atoms with Crippen LogP contribution in [-0.4, -0.2) is 21.8 Å². The SMILES string of the molecule is COC(=O)c1nsnc1SCc1ccccc1. The Morgan fingerprint density at radius 1 is 1.35 bits per heavy atom. The summed E-state index contributed by atoms with van der Waals surface area (Å²) in [4.78, 5) is 11.4. The molecule has 2 aromatic rings. The molecule has 0 aliphatic rings. The number of benzene rings is 1. The van der Waals surface area contributed by atoms with Gasteiger partial charge in [0.2, 0.25) is 0 Å². The maximum Gasteiger partial charge on any atom is 0.360 e. The molecule has 1 aromatic carbocycles. The first-order chi connectivity index (χ1) is 8.31. The van der Waals surface area contributed by atoms with Crippen molar-refractivity contribution in [1.82, 2.24) is 8.75 Å². The van der Waals surface area contributed by atoms with Gasteiger partial charge in [-0.3, -0.25) is 0 Å². The Morgan fingerprint density at radius 3 is 2.82 bits per heavy atom. The van der Waals surface area contributed by atoms with Crippen molar-refractivity contribution in [3.8, 4) is 0 Å². The Morgan fingerprint density at radius 2 is 2.12 bits per heavy atom. The van der Waals surface area contributed by atoms with Gasteiger partial charge in [0.15, 0.2) is 5.69 Å². The number of esters is 1. The second-order valence-corrected chi connectivity index (χ2v) is 4.68. The summed E-state index contributed by atoms with van der Waals surface area (Å²) in [5.74, 6) is 0.324. The predicted octanol–water partition coefficient (Wildman–Crippen LogP) is 2.62. The van der Waals surface area contributed by atoms with Crippen LogP contribution in [0.3, 0.4) is 0 Å². The van der Waals surface area contributed by atoms with Crippen molar-refractivity contribution in [3.63, 3.8) is 0 Å². The first kappa shape index (κ1) is 12.1. The van der Waals surface area contributed by atoms with Crippen LogP contribution in [0.25, 0.3) is 0 Å². The number of rotatable bonds is 4. The number of hydrogen-bond acceptors (Lipinski definition) is 6. The highest BCUT2D eigenvalue weighted by Crippen LogP contribution is 2.24. The van der Waals surface area contributed by atoms with Gasteiger partial charge in [0, 0.05) is 5.75 Å². The van der Waals surface area contributed by atoms with Crippen LogP contribution in [0.1, 0.15) is 16.1 Å². The molecule has 1 aromatic heterocycles. The van der Waals surface area contributed by atoms with Crippen molar-refractivity contribution in [2.75, 3.05) is 7.11 Å². The second-order valence-electron chi connectivity index (χ2n) is 3.18. The molecule has 4 nitrogen and oxygen atoms in total. The van der Waals surface area contributed by atoms with Crippen molar-refractivity contribution < 1.29 is 9.53 Å². The number of nitrogens with zero attached hydrogens (tertiary/aromatic N) is 2. The molecular weight excluding hydrogens is 256 g/mol. The van der Waals surface area contributed by atoms with E-state index in [1.165, 1.54) is 24.4 Å². The normalized spacial score (nSPS) is 10.2. The third-order valence-corrected chi connectivity index (χ3v) is 3.74. The first-order valence-corrected chi connectivity index (χ1v) is 6.60. The van der Waals surface area contributed by atoms with Crippen LogP contribution < -0.4 is 0 Å². The van der Waals surface area contributed by atoms with E-state index < -0.39 is 5.97 Å². The zero-order valence-electron chi connectivity index (χ0n) is 9.12. The van der Waals surface area contributed by atoms with Crippen LogP contribution in [0.2, 0.25) is 0 Å². The molecule has 0 aliphatic carbocycles. The molecule has 17 heavy (non-hydrogen) atoms. The Labute approximate surface area is 107 Å². The number of ether oxygens (including phenoxy) is 1. The van der Waals surface area contributed by atoms with E-state index in [2.05, 4.69) is 13.5 Å². The number of carbonyl (C=O) groups is 1. The lowest BCUT2D eigenvalue weighted by molar-refractivity contribution is 0.0591. The molecule has 0 fully saturated rings. The Bertz CT molecular complexity index is 499. The van der Waals surface area contributed by atoms with E-state index in [-0.39, 0.29) is 0 Å². The fraction of sp³-hybridized carbons (Fsp3) is 0.182. The lowest BCUT2D eigenvalue weighted by Crippen LogP contribution is -2.03.